The van der Waals surface area contributed by atoms with Crippen LogP contribution in [0.2, 0.25) is 0 Å². The molecule has 16 heavy (non-hydrogen) atoms. The summed E-state index contributed by atoms with van der Waals surface area (Å²) in [6, 6.07) is 5.75. The second-order valence-corrected chi connectivity index (χ2v) is 3.19. The molecule has 0 bridgehead atoms. The molecule has 0 saturated heterocycles. The molecule has 0 amide bonds. The smallest absolute Gasteiger partial charge is 0.217 e. The van der Waals surface area contributed by atoms with Crippen LogP contribution in [0.4, 0.5) is 0 Å². The van der Waals surface area contributed by atoms with Gasteiger partial charge in [0.1, 0.15) is 5.75 Å². The maximum Gasteiger partial charge on any atom is 0.217 e. The molecule has 0 saturated carbocycles. The summed E-state index contributed by atoms with van der Waals surface area (Å²) < 4.78 is 10.6. The van der Waals surface area contributed by atoms with E-state index in [1.54, 1.807) is 0 Å². The van der Waals surface area contributed by atoms with Gasteiger partial charge in [-0.1, -0.05) is 11.6 Å². The lowest BCUT2D eigenvalue weighted by atomic mass is 10.1. The van der Waals surface area contributed by atoms with Crippen molar-refractivity contribution in [1.82, 2.24) is 0 Å². The Hall–Kier alpha value is -1.22. The van der Waals surface area contributed by atoms with E-state index in [-0.39, 0.29) is 18.3 Å². The zero-order valence-electron chi connectivity index (χ0n) is 9.87. The summed E-state index contributed by atoms with van der Waals surface area (Å²) in [4.78, 5) is 0. The maximum atomic E-state index is 7.74. The van der Waals surface area contributed by atoms with Gasteiger partial charge in [0.25, 0.3) is 0 Å². The fraction of sp³-hybridized carbons (Fsp3) is 0.417. The van der Waals surface area contributed by atoms with Gasteiger partial charge in [-0.15, -0.1) is 12.4 Å². The van der Waals surface area contributed by atoms with Crippen molar-refractivity contribution in [3.8, 4) is 5.75 Å². The summed E-state index contributed by atoms with van der Waals surface area (Å²) in [5.74, 6) is 0.881. The van der Waals surface area contributed by atoms with Gasteiger partial charge in [0, 0.05) is 0 Å². The van der Waals surface area contributed by atoms with Crippen molar-refractivity contribution in [3.63, 3.8) is 0 Å². The summed E-state index contributed by atoms with van der Waals surface area (Å²) in [7, 11) is 0. The van der Waals surface area contributed by atoms with Gasteiger partial charge in [-0.3, -0.25) is 5.41 Å². The number of hydrogen-bond acceptors (Lipinski definition) is 3. The largest absolute Gasteiger partial charge is 0.493 e. The van der Waals surface area contributed by atoms with Crippen LogP contribution in [-0.2, 0) is 4.74 Å². The highest BCUT2D eigenvalue weighted by Gasteiger charge is 2.09. The molecule has 3 nitrogen and oxygen atoms in total. The van der Waals surface area contributed by atoms with Crippen LogP contribution in [0.5, 0.6) is 5.75 Å². The maximum absolute atomic E-state index is 7.74. The summed E-state index contributed by atoms with van der Waals surface area (Å²) in [5.41, 5.74) is 1.82. The normalized spacial score (nSPS) is 9.19. The monoisotopic (exact) mass is 243 g/mol. The molecule has 0 aliphatic heterocycles. The summed E-state index contributed by atoms with van der Waals surface area (Å²) in [6.45, 7) is 6.87. The number of nitrogens with one attached hydrogen (secondary N) is 1. The Morgan fingerprint density at radius 2 is 1.94 bits per heavy atom. The van der Waals surface area contributed by atoms with Gasteiger partial charge in [-0.05, 0) is 32.9 Å². The van der Waals surface area contributed by atoms with Crippen LogP contribution in [-0.4, -0.2) is 19.1 Å². The third-order valence-electron chi connectivity index (χ3n) is 1.97. The van der Waals surface area contributed by atoms with Crippen molar-refractivity contribution in [1.29, 1.82) is 5.41 Å². The molecule has 4 heteroatoms. The van der Waals surface area contributed by atoms with Crippen molar-refractivity contribution in [3.05, 3.63) is 29.3 Å². The minimum atomic E-state index is 0. The second kappa shape index (κ2) is 7.12. The molecule has 0 spiro atoms. The molecule has 1 aromatic carbocycles. The van der Waals surface area contributed by atoms with Gasteiger partial charge < -0.3 is 9.47 Å². The fourth-order valence-corrected chi connectivity index (χ4v) is 1.32. The topological polar surface area (TPSA) is 42.3 Å². The fourth-order valence-electron chi connectivity index (χ4n) is 1.32. The number of rotatable bonds is 4. The number of halogens is 1. The van der Waals surface area contributed by atoms with Crippen molar-refractivity contribution in [2.45, 2.75) is 20.8 Å². The van der Waals surface area contributed by atoms with E-state index < -0.39 is 0 Å². The Morgan fingerprint density at radius 1 is 1.25 bits per heavy atom. The molecule has 0 radical (unpaired) electrons. The molecule has 1 N–H and O–H groups in total. The van der Waals surface area contributed by atoms with Crippen LogP contribution in [0, 0.1) is 12.3 Å². The number of ether oxygens (including phenoxy) is 2. The van der Waals surface area contributed by atoms with Gasteiger partial charge in [0.15, 0.2) is 0 Å². The van der Waals surface area contributed by atoms with Crippen LogP contribution in [0.15, 0.2) is 18.2 Å². The predicted molar refractivity (Wildman–Crippen MR) is 68.1 cm³/mol. The molecular formula is C12H18ClNO2. The van der Waals surface area contributed by atoms with Crippen molar-refractivity contribution < 1.29 is 9.47 Å². The van der Waals surface area contributed by atoms with Gasteiger partial charge in [-0.2, -0.15) is 0 Å². The van der Waals surface area contributed by atoms with E-state index in [0.717, 1.165) is 11.1 Å². The third kappa shape index (κ3) is 3.74. The van der Waals surface area contributed by atoms with Gasteiger partial charge in [0.2, 0.25) is 5.90 Å². The average Bonchev–Trinajstić information content (AvgIpc) is 2.21. The highest BCUT2D eigenvalue weighted by molar-refractivity contribution is 5.94. The third-order valence-corrected chi connectivity index (χ3v) is 1.97. The lowest BCUT2D eigenvalue weighted by Crippen LogP contribution is -2.08. The molecule has 1 aromatic rings. The van der Waals surface area contributed by atoms with E-state index in [2.05, 4.69) is 0 Å². The highest BCUT2D eigenvalue weighted by Crippen LogP contribution is 2.20. The lowest BCUT2D eigenvalue weighted by Gasteiger charge is -2.11. The zero-order valence-corrected chi connectivity index (χ0v) is 10.7. The molecule has 0 heterocycles. The molecule has 0 unspecified atom stereocenters. The Balaban J connectivity index is 0.00000225. The van der Waals surface area contributed by atoms with E-state index in [1.165, 1.54) is 0 Å². The van der Waals surface area contributed by atoms with Crippen LogP contribution in [0.1, 0.15) is 25.0 Å². The first-order valence-electron chi connectivity index (χ1n) is 5.14. The molecule has 1 rings (SSSR count). The molecule has 0 aromatic heterocycles. The first-order valence-corrected chi connectivity index (χ1v) is 5.14. The minimum Gasteiger partial charge on any atom is -0.493 e. The quantitative estimate of drug-likeness (QED) is 0.652. The van der Waals surface area contributed by atoms with Crippen LogP contribution in [0.3, 0.4) is 0 Å². The molecule has 0 fully saturated rings. The summed E-state index contributed by atoms with van der Waals surface area (Å²) >= 11 is 0. The van der Waals surface area contributed by atoms with E-state index in [1.807, 2.05) is 39.0 Å². The Labute approximate surface area is 103 Å². The first kappa shape index (κ1) is 14.8. The van der Waals surface area contributed by atoms with Crippen LogP contribution >= 0.6 is 12.4 Å². The summed E-state index contributed by atoms with van der Waals surface area (Å²) in [5, 5.41) is 7.74. The zero-order chi connectivity index (χ0) is 11.3. The average molecular weight is 244 g/mol. The lowest BCUT2D eigenvalue weighted by molar-refractivity contribution is 0.315. The molecule has 0 aliphatic carbocycles. The van der Waals surface area contributed by atoms with Gasteiger partial charge in [-0.25, -0.2) is 0 Å². The number of aryl methyl sites for hydroxylation is 1. The molecule has 0 atom stereocenters. The van der Waals surface area contributed by atoms with E-state index >= 15 is 0 Å². The Kier molecular flexibility index (Phi) is 6.58. The molecule has 0 aliphatic rings. The van der Waals surface area contributed by atoms with Crippen LogP contribution < -0.4 is 4.74 Å². The SMILES string of the molecule is CCOC(=N)c1cc(C)ccc1OCC.Cl. The number of benzene rings is 1. The summed E-state index contributed by atoms with van der Waals surface area (Å²) in [6.07, 6.45) is 0. The van der Waals surface area contributed by atoms with E-state index in [4.69, 9.17) is 14.9 Å². The predicted octanol–water partition coefficient (Wildman–Crippen LogP) is 3.18. The van der Waals surface area contributed by atoms with Crippen molar-refractivity contribution in [2.75, 3.05) is 13.2 Å². The van der Waals surface area contributed by atoms with E-state index in [9.17, 15) is 0 Å². The molecular weight excluding hydrogens is 226 g/mol. The second-order valence-electron chi connectivity index (χ2n) is 3.19. The highest BCUT2D eigenvalue weighted by atomic mass is 35.5. The Bertz CT molecular complexity index is 353. The van der Waals surface area contributed by atoms with Gasteiger partial charge in [0.05, 0.1) is 18.8 Å². The molecule has 90 valence electrons. The minimum absolute atomic E-state index is 0. The van der Waals surface area contributed by atoms with E-state index in [0.29, 0.717) is 19.0 Å². The van der Waals surface area contributed by atoms with Crippen LogP contribution in [0.25, 0.3) is 0 Å². The van der Waals surface area contributed by atoms with Crippen molar-refractivity contribution >= 4 is 18.3 Å². The number of hydrogen-bond donors (Lipinski definition) is 1. The van der Waals surface area contributed by atoms with Crippen molar-refractivity contribution in [2.24, 2.45) is 0 Å². The Morgan fingerprint density at radius 3 is 2.50 bits per heavy atom. The van der Waals surface area contributed by atoms with Gasteiger partial charge >= 0.3 is 0 Å². The standard InChI is InChI=1S/C12H17NO2.ClH/c1-4-14-11-7-6-9(3)8-10(11)12(13)15-5-2;/h6-8,13H,4-5H2,1-3H3;1H. The first-order chi connectivity index (χ1) is 7.19.